The predicted octanol–water partition coefficient (Wildman–Crippen LogP) is 4.01. The van der Waals surface area contributed by atoms with Gasteiger partial charge in [0, 0.05) is 18.7 Å². The van der Waals surface area contributed by atoms with Gasteiger partial charge in [0.1, 0.15) is 0 Å². The van der Waals surface area contributed by atoms with E-state index in [4.69, 9.17) is 16.3 Å². The van der Waals surface area contributed by atoms with E-state index in [1.165, 1.54) is 16.4 Å². The van der Waals surface area contributed by atoms with Crippen molar-refractivity contribution in [3.63, 3.8) is 0 Å². The zero-order valence-electron chi connectivity index (χ0n) is 17.1. The maximum atomic E-state index is 12.3. The zero-order valence-corrected chi connectivity index (χ0v) is 18.7. The van der Waals surface area contributed by atoms with Crippen LogP contribution in [0.5, 0.6) is 0 Å². The number of ether oxygens (including phenoxy) is 1. The molecule has 30 heavy (non-hydrogen) atoms. The highest BCUT2D eigenvalue weighted by Crippen LogP contribution is 2.23. The summed E-state index contributed by atoms with van der Waals surface area (Å²) in [5.74, 6) is -0.869. The summed E-state index contributed by atoms with van der Waals surface area (Å²) in [6.45, 7) is 3.91. The number of rotatable bonds is 9. The van der Waals surface area contributed by atoms with Gasteiger partial charge < -0.3 is 10.1 Å². The third-order valence-corrected chi connectivity index (χ3v) is 5.80. The topological polar surface area (TPSA) is 92.8 Å². The number of sulfonamides is 1. The summed E-state index contributed by atoms with van der Waals surface area (Å²) in [6.07, 6.45) is 1.57. The molecule has 0 bridgehead atoms. The summed E-state index contributed by atoms with van der Waals surface area (Å²) >= 11 is 6.02. The van der Waals surface area contributed by atoms with E-state index in [0.717, 1.165) is 11.8 Å². The lowest BCUT2D eigenvalue weighted by Crippen LogP contribution is -2.32. The van der Waals surface area contributed by atoms with E-state index in [2.05, 4.69) is 5.32 Å². The number of hydrogen-bond acceptors (Lipinski definition) is 5. The first-order valence-electron chi connectivity index (χ1n) is 9.43. The molecule has 0 fully saturated rings. The van der Waals surface area contributed by atoms with Gasteiger partial charge in [-0.3, -0.25) is 9.10 Å². The van der Waals surface area contributed by atoms with E-state index >= 15 is 0 Å². The Labute approximate surface area is 182 Å². The van der Waals surface area contributed by atoms with Gasteiger partial charge in [-0.2, -0.15) is 0 Å². The fourth-order valence-corrected chi connectivity index (χ4v) is 4.10. The average molecular weight is 453 g/mol. The van der Waals surface area contributed by atoms with Gasteiger partial charge in [0.15, 0.2) is 0 Å². The molecular weight excluding hydrogens is 428 g/mol. The zero-order chi connectivity index (χ0) is 22.3. The fraction of sp³-hybridized carbons (Fsp3) is 0.333. The second-order valence-corrected chi connectivity index (χ2v) is 9.00. The summed E-state index contributed by atoms with van der Waals surface area (Å²) in [4.78, 5) is 24.2. The van der Waals surface area contributed by atoms with Crippen molar-refractivity contribution < 1.29 is 22.7 Å². The van der Waals surface area contributed by atoms with Crippen molar-refractivity contribution in [2.24, 2.45) is 0 Å². The number of aryl methyl sites for hydroxylation is 1. The van der Waals surface area contributed by atoms with Crippen LogP contribution in [0.2, 0.25) is 5.02 Å². The van der Waals surface area contributed by atoms with E-state index in [9.17, 15) is 18.0 Å². The van der Waals surface area contributed by atoms with Crippen molar-refractivity contribution in [1.29, 1.82) is 0 Å². The van der Waals surface area contributed by atoms with Crippen LogP contribution in [0.4, 0.5) is 11.4 Å². The molecule has 162 valence electrons. The van der Waals surface area contributed by atoms with Crippen molar-refractivity contribution in [3.8, 4) is 0 Å². The Hall–Kier alpha value is -2.58. The molecule has 0 radical (unpaired) electrons. The molecule has 0 saturated carbocycles. The molecule has 0 aliphatic carbocycles. The summed E-state index contributed by atoms with van der Waals surface area (Å²) in [7, 11) is -3.49. The molecule has 0 saturated heterocycles. The van der Waals surface area contributed by atoms with Crippen LogP contribution in [0.15, 0.2) is 42.5 Å². The van der Waals surface area contributed by atoms with Crippen LogP contribution in [-0.4, -0.2) is 39.7 Å². The van der Waals surface area contributed by atoms with Crippen LogP contribution in [0.1, 0.15) is 35.7 Å². The van der Waals surface area contributed by atoms with Crippen molar-refractivity contribution in [2.75, 3.05) is 29.0 Å². The molecule has 1 N–H and O–H groups in total. The lowest BCUT2D eigenvalue weighted by molar-refractivity contribution is -0.116. The first-order chi connectivity index (χ1) is 14.1. The number of anilines is 2. The number of nitrogens with one attached hydrogen (secondary N) is 1. The molecule has 2 aromatic rings. The molecule has 0 atom stereocenters. The molecule has 7 nitrogen and oxygen atoms in total. The lowest BCUT2D eigenvalue weighted by Gasteiger charge is -2.24. The second-order valence-electron chi connectivity index (χ2n) is 6.69. The van der Waals surface area contributed by atoms with Gasteiger partial charge in [-0.15, -0.1) is 0 Å². The minimum atomic E-state index is -3.49. The summed E-state index contributed by atoms with van der Waals surface area (Å²) in [6, 6.07) is 11.7. The smallest absolute Gasteiger partial charge is 0.339 e. The molecule has 9 heteroatoms. The molecule has 0 aliphatic heterocycles. The third kappa shape index (κ3) is 6.47. The Morgan fingerprint density at radius 1 is 1.17 bits per heavy atom. The number of benzene rings is 2. The molecular formula is C21H25ClN2O5S. The number of halogens is 1. The number of carbonyl (C=O) groups excluding carboxylic acids is 2. The molecule has 2 rings (SSSR count). The van der Waals surface area contributed by atoms with E-state index in [1.54, 1.807) is 25.1 Å². The number of para-hydroxylation sites is 1. The average Bonchev–Trinajstić information content (AvgIpc) is 2.67. The Morgan fingerprint density at radius 2 is 1.87 bits per heavy atom. The standard InChI is InChI=1S/C21H25ClN2O5S/c1-4-29-21(26)17-14-16(11-12-18(17)22)23-20(25)10-7-13-24(30(3,27)28)19-9-6-5-8-15(19)2/h5-6,8-9,11-12,14H,4,7,10,13H2,1-3H3,(H,23,25). The van der Waals surface area contributed by atoms with Gasteiger partial charge in [-0.05, 0) is 50.1 Å². The molecule has 0 heterocycles. The highest BCUT2D eigenvalue weighted by Gasteiger charge is 2.19. The monoisotopic (exact) mass is 452 g/mol. The van der Waals surface area contributed by atoms with Gasteiger partial charge in [0.05, 0.1) is 29.1 Å². The highest BCUT2D eigenvalue weighted by molar-refractivity contribution is 7.92. The highest BCUT2D eigenvalue weighted by atomic mass is 35.5. The van der Waals surface area contributed by atoms with Crippen LogP contribution in [-0.2, 0) is 19.6 Å². The van der Waals surface area contributed by atoms with Crippen LogP contribution in [0.3, 0.4) is 0 Å². The molecule has 0 spiro atoms. The Kier molecular flexibility index (Phi) is 8.25. The van der Waals surface area contributed by atoms with Crippen LogP contribution >= 0.6 is 11.6 Å². The molecule has 2 aromatic carbocycles. The number of nitrogens with zero attached hydrogens (tertiary/aromatic N) is 1. The van der Waals surface area contributed by atoms with Gasteiger partial charge in [0.2, 0.25) is 15.9 Å². The lowest BCUT2D eigenvalue weighted by atomic mass is 10.2. The maximum absolute atomic E-state index is 12.3. The van der Waals surface area contributed by atoms with E-state index in [-0.39, 0.29) is 36.1 Å². The van der Waals surface area contributed by atoms with Crippen molar-refractivity contribution >= 4 is 44.9 Å². The first-order valence-corrected chi connectivity index (χ1v) is 11.7. The molecule has 0 unspecified atom stereocenters. The molecule has 1 amide bonds. The number of esters is 1. The Morgan fingerprint density at radius 3 is 2.50 bits per heavy atom. The van der Waals surface area contributed by atoms with E-state index in [1.807, 2.05) is 19.1 Å². The third-order valence-electron chi connectivity index (χ3n) is 4.29. The van der Waals surface area contributed by atoms with Crippen LogP contribution in [0.25, 0.3) is 0 Å². The Balaban J connectivity index is 2.01. The van der Waals surface area contributed by atoms with Crippen molar-refractivity contribution in [2.45, 2.75) is 26.7 Å². The summed E-state index contributed by atoms with van der Waals surface area (Å²) in [5.41, 5.74) is 2.00. The minimum absolute atomic E-state index is 0.106. The van der Waals surface area contributed by atoms with Gasteiger partial charge in [0.25, 0.3) is 0 Å². The number of hydrogen-bond donors (Lipinski definition) is 1. The van der Waals surface area contributed by atoms with E-state index < -0.39 is 16.0 Å². The Bertz CT molecular complexity index is 1020. The van der Waals surface area contributed by atoms with E-state index in [0.29, 0.717) is 17.8 Å². The fourth-order valence-electron chi connectivity index (χ4n) is 2.88. The first kappa shape index (κ1) is 23.7. The largest absolute Gasteiger partial charge is 0.462 e. The predicted molar refractivity (Wildman–Crippen MR) is 119 cm³/mol. The van der Waals surface area contributed by atoms with Gasteiger partial charge in [-0.25, -0.2) is 13.2 Å². The molecule has 0 aliphatic rings. The van der Waals surface area contributed by atoms with Crippen LogP contribution < -0.4 is 9.62 Å². The quantitative estimate of drug-likeness (QED) is 0.580. The second kappa shape index (κ2) is 10.4. The van der Waals surface area contributed by atoms with Crippen molar-refractivity contribution in [1.82, 2.24) is 0 Å². The van der Waals surface area contributed by atoms with Gasteiger partial charge in [-0.1, -0.05) is 29.8 Å². The number of carbonyl (C=O) groups is 2. The maximum Gasteiger partial charge on any atom is 0.339 e. The normalized spacial score (nSPS) is 11.1. The van der Waals surface area contributed by atoms with Crippen molar-refractivity contribution in [3.05, 3.63) is 58.6 Å². The molecule has 0 aromatic heterocycles. The van der Waals surface area contributed by atoms with Crippen LogP contribution in [0, 0.1) is 6.92 Å². The SMILES string of the molecule is CCOC(=O)c1cc(NC(=O)CCCN(c2ccccc2C)S(C)(=O)=O)ccc1Cl. The number of amides is 1. The van der Waals surface area contributed by atoms with Gasteiger partial charge >= 0.3 is 5.97 Å². The summed E-state index contributed by atoms with van der Waals surface area (Å²) in [5, 5.41) is 2.93. The minimum Gasteiger partial charge on any atom is -0.462 e. The summed E-state index contributed by atoms with van der Waals surface area (Å²) < 4.78 is 30.7.